The highest BCUT2D eigenvalue weighted by atomic mass is 35.5. The zero-order valence-electron chi connectivity index (χ0n) is 18.4. The Bertz CT molecular complexity index is 1160. The maximum atomic E-state index is 12.7. The van der Waals surface area contributed by atoms with Gasteiger partial charge in [0.25, 0.3) is 0 Å². The van der Waals surface area contributed by atoms with Crippen molar-refractivity contribution in [3.63, 3.8) is 0 Å². The van der Waals surface area contributed by atoms with Gasteiger partial charge in [-0.1, -0.05) is 56.3 Å². The molecule has 2 heterocycles. The van der Waals surface area contributed by atoms with Crippen LogP contribution in [0.3, 0.4) is 0 Å². The number of nitrogens with one attached hydrogen (secondary N) is 1. The number of benzene rings is 1. The lowest BCUT2D eigenvalue weighted by Gasteiger charge is -2.46. The molecule has 0 fully saturated rings. The predicted molar refractivity (Wildman–Crippen MR) is 121 cm³/mol. The van der Waals surface area contributed by atoms with Crippen molar-refractivity contribution in [2.45, 2.75) is 38.5 Å². The molecule has 0 radical (unpaired) electrons. The van der Waals surface area contributed by atoms with Crippen molar-refractivity contribution in [3.05, 3.63) is 76.7 Å². The van der Waals surface area contributed by atoms with Crippen molar-refractivity contribution in [2.24, 2.45) is 11.8 Å². The number of halogens is 1. The molecule has 0 amide bonds. The van der Waals surface area contributed by atoms with Crippen LogP contribution in [0.2, 0.25) is 0 Å². The average molecular weight is 446 g/mol. The van der Waals surface area contributed by atoms with E-state index in [0.29, 0.717) is 0 Å². The second kappa shape index (κ2) is 8.61. The zero-order valence-corrected chi connectivity index (χ0v) is 19.1. The lowest BCUT2D eigenvalue weighted by Crippen LogP contribution is -3.00. The van der Waals surface area contributed by atoms with E-state index in [0.717, 1.165) is 66.3 Å². The molecule has 1 aliphatic heterocycles. The Morgan fingerprint density at radius 1 is 1.22 bits per heavy atom. The Hall–Kier alpha value is -2.81. The largest absolute Gasteiger partial charge is 1.00 e. The molecular weight excluding hydrogens is 420 g/mol. The van der Waals surface area contributed by atoms with Crippen molar-refractivity contribution in [1.82, 2.24) is 15.3 Å². The summed E-state index contributed by atoms with van der Waals surface area (Å²) in [6, 6.07) is 10.3. The molecule has 32 heavy (non-hydrogen) atoms. The first kappa shape index (κ1) is 22.4. The van der Waals surface area contributed by atoms with E-state index in [2.05, 4.69) is 35.3 Å². The van der Waals surface area contributed by atoms with Crippen LogP contribution in [0.4, 0.5) is 0 Å². The molecule has 2 aliphatic carbocycles. The Kier molecular flexibility index (Phi) is 6.03. The van der Waals surface area contributed by atoms with Gasteiger partial charge in [0.2, 0.25) is 5.70 Å². The van der Waals surface area contributed by atoms with Gasteiger partial charge in [0.1, 0.15) is 0 Å². The molecule has 164 valence electrons. The number of aromatic nitrogens is 2. The van der Waals surface area contributed by atoms with Gasteiger partial charge in [-0.2, -0.15) is 0 Å². The SMILES string of the molecule is [C-]#[N+]C1=C[C@@]2(C)c3nc(C4=CCCNC4)nc(-c4ccccc4)c3CC[C@@H]2[C@@H](C)C1=O.[Cl-]. The predicted octanol–water partition coefficient (Wildman–Crippen LogP) is 1.37. The van der Waals surface area contributed by atoms with Gasteiger partial charge >= 0.3 is 0 Å². The van der Waals surface area contributed by atoms with Crippen LogP contribution in [0.15, 0.2) is 48.2 Å². The molecule has 6 heteroatoms. The van der Waals surface area contributed by atoms with Crippen LogP contribution in [-0.2, 0) is 16.6 Å². The Labute approximate surface area is 195 Å². The van der Waals surface area contributed by atoms with Crippen LogP contribution in [0.1, 0.15) is 43.8 Å². The number of nitrogens with zero attached hydrogens (tertiary/aromatic N) is 3. The van der Waals surface area contributed by atoms with Gasteiger partial charge in [0, 0.05) is 34.6 Å². The number of hydrogen-bond acceptors (Lipinski definition) is 4. The van der Waals surface area contributed by atoms with Crippen LogP contribution >= 0.6 is 0 Å². The van der Waals surface area contributed by atoms with Gasteiger partial charge in [-0.25, -0.2) is 14.8 Å². The van der Waals surface area contributed by atoms with E-state index in [1.54, 1.807) is 0 Å². The van der Waals surface area contributed by atoms with E-state index < -0.39 is 5.41 Å². The van der Waals surface area contributed by atoms with Crippen molar-refractivity contribution in [1.29, 1.82) is 0 Å². The van der Waals surface area contributed by atoms with Crippen LogP contribution in [0, 0.1) is 18.4 Å². The molecule has 1 aromatic heterocycles. The summed E-state index contributed by atoms with van der Waals surface area (Å²) in [4.78, 5) is 26.5. The van der Waals surface area contributed by atoms with Crippen LogP contribution in [0.25, 0.3) is 21.7 Å². The Balaban J connectivity index is 0.00000245. The second-order valence-electron chi connectivity index (χ2n) is 9.01. The van der Waals surface area contributed by atoms with Gasteiger partial charge in [-0.05, 0) is 31.7 Å². The minimum atomic E-state index is -0.454. The molecule has 5 nitrogen and oxygen atoms in total. The van der Waals surface area contributed by atoms with Gasteiger partial charge < -0.3 is 22.5 Å². The fourth-order valence-corrected chi connectivity index (χ4v) is 5.54. The number of hydrogen-bond donors (Lipinski definition) is 1. The fraction of sp³-hybridized carbons (Fsp3) is 0.385. The third-order valence-electron chi connectivity index (χ3n) is 7.18. The van der Waals surface area contributed by atoms with Crippen molar-refractivity contribution in [3.8, 4) is 11.3 Å². The standard InChI is InChI=1S/C26H26N4O.ClH/c1-16-20-12-11-19-22(17-8-5-4-6-9-17)29-25(18-10-7-13-28-15-18)30-24(19)26(20,2)14-21(27-3)23(16)31;/h4-6,8-10,14,16,20,28H,7,11-13,15H2,1-2H3;1H/p-1/t16-,20-,26-;/m1./s1. The topological polar surface area (TPSA) is 59.2 Å². The molecule has 1 aromatic carbocycles. The molecule has 0 unspecified atom stereocenters. The molecule has 3 atom stereocenters. The lowest BCUT2D eigenvalue weighted by molar-refractivity contribution is -0.121. The minimum Gasteiger partial charge on any atom is -1.00 e. The van der Waals surface area contributed by atoms with E-state index >= 15 is 0 Å². The minimum absolute atomic E-state index is 0. The summed E-state index contributed by atoms with van der Waals surface area (Å²) in [5.41, 5.74) is 5.12. The highest BCUT2D eigenvalue weighted by Crippen LogP contribution is 2.50. The van der Waals surface area contributed by atoms with Crippen LogP contribution in [-0.4, -0.2) is 28.8 Å². The Morgan fingerprint density at radius 2 is 2.00 bits per heavy atom. The summed E-state index contributed by atoms with van der Waals surface area (Å²) in [6.07, 6.45) is 6.82. The normalized spacial score (nSPS) is 26.6. The third-order valence-corrected chi connectivity index (χ3v) is 7.18. The molecule has 3 aliphatic rings. The van der Waals surface area contributed by atoms with Gasteiger partial charge in [0.05, 0.1) is 18.0 Å². The van der Waals surface area contributed by atoms with E-state index in [9.17, 15) is 4.79 Å². The number of fused-ring (bicyclic) bond motifs is 3. The van der Waals surface area contributed by atoms with Crippen molar-refractivity contribution >= 4 is 11.4 Å². The number of carbonyl (C=O) groups excluding carboxylic acids is 1. The average Bonchev–Trinajstić information content (AvgIpc) is 2.82. The maximum Gasteiger partial charge on any atom is 0.226 e. The molecule has 0 bridgehead atoms. The fourth-order valence-electron chi connectivity index (χ4n) is 5.54. The number of rotatable bonds is 2. The summed E-state index contributed by atoms with van der Waals surface area (Å²) in [7, 11) is 0. The highest BCUT2D eigenvalue weighted by Gasteiger charge is 2.49. The highest BCUT2D eigenvalue weighted by molar-refractivity contribution is 6.00. The first-order valence-electron chi connectivity index (χ1n) is 11.0. The molecule has 0 saturated carbocycles. The second-order valence-corrected chi connectivity index (χ2v) is 9.01. The summed E-state index contributed by atoms with van der Waals surface area (Å²) >= 11 is 0. The number of allylic oxidation sites excluding steroid dienone is 2. The van der Waals surface area contributed by atoms with Crippen LogP contribution in [0.5, 0.6) is 0 Å². The Morgan fingerprint density at radius 3 is 2.69 bits per heavy atom. The summed E-state index contributed by atoms with van der Waals surface area (Å²) < 4.78 is 0. The maximum absolute atomic E-state index is 12.7. The number of carbonyl (C=O) groups is 1. The van der Waals surface area contributed by atoms with Gasteiger partial charge in [0.15, 0.2) is 11.6 Å². The summed E-state index contributed by atoms with van der Waals surface area (Å²) in [6.45, 7) is 13.4. The third kappa shape index (κ3) is 3.48. The smallest absolute Gasteiger partial charge is 0.226 e. The molecule has 2 aromatic rings. The van der Waals surface area contributed by atoms with Crippen molar-refractivity contribution in [2.75, 3.05) is 13.1 Å². The monoisotopic (exact) mass is 445 g/mol. The summed E-state index contributed by atoms with van der Waals surface area (Å²) in [5.74, 6) is 0.691. The summed E-state index contributed by atoms with van der Waals surface area (Å²) in [5, 5.41) is 3.42. The van der Waals surface area contributed by atoms with Crippen LogP contribution < -0.4 is 17.7 Å². The molecule has 0 spiro atoms. The van der Waals surface area contributed by atoms with E-state index in [4.69, 9.17) is 16.5 Å². The first-order valence-corrected chi connectivity index (χ1v) is 11.0. The lowest BCUT2D eigenvalue weighted by atomic mass is 9.58. The molecular formula is C26H26ClN4O-. The van der Waals surface area contributed by atoms with Crippen molar-refractivity contribution < 1.29 is 17.2 Å². The number of ketones is 1. The molecule has 1 N–H and O–H groups in total. The molecule has 5 rings (SSSR count). The zero-order chi connectivity index (χ0) is 21.6. The van der Waals surface area contributed by atoms with E-state index in [1.807, 2.05) is 31.2 Å². The molecule has 0 saturated heterocycles. The van der Waals surface area contributed by atoms with E-state index in [1.165, 1.54) is 0 Å². The van der Waals surface area contributed by atoms with E-state index in [-0.39, 0.29) is 35.7 Å². The quantitative estimate of drug-likeness (QED) is 0.709. The first-order chi connectivity index (χ1) is 15.0. The number of Topliss-reactive ketones (excluding diaryl/α,β-unsaturated/α-hetero) is 1. The van der Waals surface area contributed by atoms with Gasteiger partial charge in [-0.3, -0.25) is 0 Å². The van der Waals surface area contributed by atoms with Gasteiger partial charge in [-0.15, -0.1) is 0 Å².